The van der Waals surface area contributed by atoms with Gasteiger partial charge in [0, 0.05) is 36.5 Å². The number of carbonyl (C=O) groups is 2. The molecule has 2 aromatic carbocycles. The molecule has 0 bridgehead atoms. The topological polar surface area (TPSA) is 109 Å². The summed E-state index contributed by atoms with van der Waals surface area (Å²) in [7, 11) is 2.75. The fraction of sp³-hybridized carbons (Fsp3) is 0.261. The highest BCUT2D eigenvalue weighted by Crippen LogP contribution is 2.31. The van der Waals surface area contributed by atoms with Crippen LogP contribution in [0.5, 0.6) is 11.5 Å². The molecule has 0 spiro atoms. The van der Waals surface area contributed by atoms with Gasteiger partial charge in [-0.25, -0.2) is 9.59 Å². The van der Waals surface area contributed by atoms with Crippen LogP contribution in [0.25, 0.3) is 16.6 Å². The molecule has 0 fully saturated rings. The minimum atomic E-state index is -0.515. The second-order valence-electron chi connectivity index (χ2n) is 6.52. The van der Waals surface area contributed by atoms with Gasteiger partial charge < -0.3 is 28.3 Å². The van der Waals surface area contributed by atoms with Gasteiger partial charge in [0.1, 0.15) is 23.1 Å². The summed E-state index contributed by atoms with van der Waals surface area (Å²) < 4.78 is 27.5. The van der Waals surface area contributed by atoms with Gasteiger partial charge in [-0.15, -0.1) is 0 Å². The maximum atomic E-state index is 12.3. The van der Waals surface area contributed by atoms with Crippen LogP contribution < -0.4 is 9.47 Å². The number of nitriles is 1. The molecule has 0 atom stereocenters. The Kier molecular flexibility index (Phi) is 7.31. The number of aromatic nitrogens is 1. The van der Waals surface area contributed by atoms with Crippen molar-refractivity contribution in [1.82, 2.24) is 4.57 Å². The second-order valence-corrected chi connectivity index (χ2v) is 6.52. The molecule has 9 nitrogen and oxygen atoms in total. The van der Waals surface area contributed by atoms with Crippen LogP contribution in [0.4, 0.5) is 0 Å². The van der Waals surface area contributed by atoms with E-state index in [1.54, 1.807) is 54.1 Å². The summed E-state index contributed by atoms with van der Waals surface area (Å²) >= 11 is 0. The molecular weight excluding hydrogens is 416 g/mol. The van der Waals surface area contributed by atoms with Gasteiger partial charge in [-0.05, 0) is 31.2 Å². The Labute approximate surface area is 184 Å². The number of hydrogen-bond acceptors (Lipinski definition) is 8. The molecule has 0 aliphatic heterocycles. The molecule has 3 rings (SSSR count). The first-order chi connectivity index (χ1) is 15.5. The molecule has 1 heterocycles. The Morgan fingerprint density at radius 1 is 1.09 bits per heavy atom. The van der Waals surface area contributed by atoms with Crippen LogP contribution in [-0.4, -0.2) is 50.7 Å². The van der Waals surface area contributed by atoms with E-state index in [4.69, 9.17) is 18.9 Å². The third kappa shape index (κ3) is 4.82. The summed E-state index contributed by atoms with van der Waals surface area (Å²) in [6, 6.07) is 12.3. The van der Waals surface area contributed by atoms with E-state index in [9.17, 15) is 14.9 Å². The van der Waals surface area contributed by atoms with Crippen LogP contribution in [0.15, 0.2) is 42.6 Å². The Bertz CT molecular complexity index is 1180. The first-order valence-electron chi connectivity index (χ1n) is 9.70. The van der Waals surface area contributed by atoms with E-state index in [0.717, 1.165) is 0 Å². The lowest BCUT2D eigenvalue weighted by atomic mass is 10.1. The number of esters is 2. The lowest BCUT2D eigenvalue weighted by molar-refractivity contribution is -0.142. The summed E-state index contributed by atoms with van der Waals surface area (Å²) in [5.74, 6) is -0.307. The normalized spacial score (nSPS) is 10.4. The Hall–Kier alpha value is -4.03. The smallest absolute Gasteiger partial charge is 0.343 e. The SMILES string of the molecule is CCOC(=O)c1ccc(-n2cc(C#N)c3ccc(OCC(=O)OC)cc32)cc1OCOC. The van der Waals surface area contributed by atoms with Crippen LogP contribution >= 0.6 is 0 Å². The fourth-order valence-corrected chi connectivity index (χ4v) is 3.08. The van der Waals surface area contributed by atoms with Gasteiger partial charge in [0.15, 0.2) is 13.4 Å². The number of carbonyl (C=O) groups excluding carboxylic acids is 2. The quantitative estimate of drug-likeness (QED) is 0.370. The van der Waals surface area contributed by atoms with E-state index in [1.165, 1.54) is 14.2 Å². The summed E-state index contributed by atoms with van der Waals surface area (Å²) in [5.41, 5.74) is 2.02. The van der Waals surface area contributed by atoms with Gasteiger partial charge in [0.05, 0.1) is 24.8 Å². The molecule has 0 saturated heterocycles. The van der Waals surface area contributed by atoms with E-state index < -0.39 is 11.9 Å². The van der Waals surface area contributed by atoms with Crippen molar-refractivity contribution in [2.75, 3.05) is 34.2 Å². The molecule has 0 saturated carbocycles. The van der Waals surface area contributed by atoms with Crippen LogP contribution in [0, 0.1) is 11.3 Å². The lowest BCUT2D eigenvalue weighted by Gasteiger charge is -2.13. The first kappa shape index (κ1) is 22.7. The maximum Gasteiger partial charge on any atom is 0.343 e. The highest BCUT2D eigenvalue weighted by atomic mass is 16.7. The molecule has 0 radical (unpaired) electrons. The molecule has 0 amide bonds. The van der Waals surface area contributed by atoms with Crippen molar-refractivity contribution in [3.63, 3.8) is 0 Å². The van der Waals surface area contributed by atoms with Gasteiger partial charge in [-0.1, -0.05) is 0 Å². The average molecular weight is 438 g/mol. The van der Waals surface area contributed by atoms with E-state index in [2.05, 4.69) is 10.8 Å². The molecular formula is C23H22N2O7. The first-order valence-corrected chi connectivity index (χ1v) is 9.70. The molecule has 32 heavy (non-hydrogen) atoms. The molecule has 3 aromatic rings. The molecule has 9 heteroatoms. The lowest BCUT2D eigenvalue weighted by Crippen LogP contribution is -2.12. The Morgan fingerprint density at radius 3 is 2.59 bits per heavy atom. The van der Waals surface area contributed by atoms with Gasteiger partial charge >= 0.3 is 11.9 Å². The highest BCUT2D eigenvalue weighted by Gasteiger charge is 2.17. The van der Waals surface area contributed by atoms with Crippen molar-refractivity contribution in [3.05, 3.63) is 53.7 Å². The van der Waals surface area contributed by atoms with Crippen molar-refractivity contribution in [2.45, 2.75) is 6.92 Å². The predicted octanol–water partition coefficient (Wildman–Crippen LogP) is 3.21. The third-order valence-electron chi connectivity index (χ3n) is 4.55. The number of nitrogens with zero attached hydrogens (tertiary/aromatic N) is 2. The standard InChI is InChI=1S/C23H22N2O7/c1-4-30-23(27)19-7-5-16(9-21(19)32-14-28-2)25-12-15(11-24)18-8-6-17(10-20(18)25)31-13-22(26)29-3/h5-10,12H,4,13-14H2,1-3H3. The van der Waals surface area contributed by atoms with Crippen molar-refractivity contribution >= 4 is 22.8 Å². The molecule has 0 unspecified atom stereocenters. The number of hydrogen-bond donors (Lipinski definition) is 0. The predicted molar refractivity (Wildman–Crippen MR) is 114 cm³/mol. The van der Waals surface area contributed by atoms with Crippen molar-refractivity contribution in [2.24, 2.45) is 0 Å². The monoisotopic (exact) mass is 438 g/mol. The minimum absolute atomic E-state index is 0.0583. The van der Waals surface area contributed by atoms with Crippen molar-refractivity contribution in [3.8, 4) is 23.3 Å². The minimum Gasteiger partial charge on any atom is -0.482 e. The number of rotatable bonds is 9. The summed E-state index contributed by atoms with van der Waals surface area (Å²) in [5, 5.41) is 10.3. The van der Waals surface area contributed by atoms with Crippen LogP contribution in [0.1, 0.15) is 22.8 Å². The highest BCUT2D eigenvalue weighted by molar-refractivity contribution is 5.93. The number of methoxy groups -OCH3 is 2. The van der Waals surface area contributed by atoms with E-state index >= 15 is 0 Å². The molecule has 1 aromatic heterocycles. The zero-order valence-corrected chi connectivity index (χ0v) is 17.9. The van der Waals surface area contributed by atoms with Crippen LogP contribution in [-0.2, 0) is 19.0 Å². The van der Waals surface area contributed by atoms with Gasteiger partial charge in [0.25, 0.3) is 0 Å². The fourth-order valence-electron chi connectivity index (χ4n) is 3.08. The second kappa shape index (κ2) is 10.3. The third-order valence-corrected chi connectivity index (χ3v) is 4.55. The van der Waals surface area contributed by atoms with Crippen LogP contribution in [0.3, 0.4) is 0 Å². The number of ether oxygens (including phenoxy) is 5. The summed E-state index contributed by atoms with van der Waals surface area (Å²) in [6.07, 6.45) is 1.67. The van der Waals surface area contributed by atoms with E-state index in [1.807, 2.05) is 0 Å². The van der Waals surface area contributed by atoms with Crippen molar-refractivity contribution in [1.29, 1.82) is 5.26 Å². The van der Waals surface area contributed by atoms with Gasteiger partial charge in [-0.2, -0.15) is 5.26 Å². The summed E-state index contributed by atoms with van der Waals surface area (Å²) in [4.78, 5) is 23.7. The Balaban J connectivity index is 2.07. The van der Waals surface area contributed by atoms with Gasteiger partial charge in [-0.3, -0.25) is 0 Å². The maximum absolute atomic E-state index is 12.3. The van der Waals surface area contributed by atoms with Crippen LogP contribution in [0.2, 0.25) is 0 Å². The average Bonchev–Trinajstić information content (AvgIpc) is 3.19. The Morgan fingerprint density at radius 2 is 1.91 bits per heavy atom. The van der Waals surface area contributed by atoms with Crippen molar-refractivity contribution < 1.29 is 33.3 Å². The number of benzene rings is 2. The van der Waals surface area contributed by atoms with Gasteiger partial charge in [0.2, 0.25) is 0 Å². The molecule has 0 aliphatic rings. The zero-order chi connectivity index (χ0) is 23.1. The number of fused-ring (bicyclic) bond motifs is 1. The summed E-state index contributed by atoms with van der Waals surface area (Å²) in [6.45, 7) is 1.65. The van der Waals surface area contributed by atoms with E-state index in [0.29, 0.717) is 27.9 Å². The molecule has 0 N–H and O–H groups in total. The van der Waals surface area contributed by atoms with E-state index in [-0.39, 0.29) is 31.3 Å². The molecule has 0 aliphatic carbocycles. The largest absolute Gasteiger partial charge is 0.482 e. The zero-order valence-electron chi connectivity index (χ0n) is 17.9. The molecule has 166 valence electrons.